The van der Waals surface area contributed by atoms with Crippen molar-refractivity contribution in [3.8, 4) is 11.4 Å². The Morgan fingerprint density at radius 2 is 1.83 bits per heavy atom. The van der Waals surface area contributed by atoms with Crippen molar-refractivity contribution in [2.24, 2.45) is 0 Å². The Kier molecular flexibility index (Phi) is 3.71. The van der Waals surface area contributed by atoms with Gasteiger partial charge in [-0.2, -0.15) is 9.78 Å². The molecule has 0 fully saturated rings. The molecule has 3 rings (SSSR count). The molecule has 2 heterocycles. The van der Waals surface area contributed by atoms with Gasteiger partial charge in [-0.3, -0.25) is 0 Å². The Morgan fingerprint density at radius 1 is 1.13 bits per heavy atom. The van der Waals surface area contributed by atoms with Gasteiger partial charge in [0.2, 0.25) is 5.82 Å². The van der Waals surface area contributed by atoms with Gasteiger partial charge in [-0.15, -0.1) is 10.2 Å². The molecule has 23 heavy (non-hydrogen) atoms. The number of aromatic nitrogens is 6. The third kappa shape index (κ3) is 3.13. The average molecular weight is 312 g/mol. The normalized spacial score (nSPS) is 13.3. The Hall–Kier alpha value is -2.57. The van der Waals surface area contributed by atoms with Crippen LogP contribution >= 0.6 is 0 Å². The summed E-state index contributed by atoms with van der Waals surface area (Å²) < 4.78 is 5.35. The van der Waals surface area contributed by atoms with Crippen molar-refractivity contribution >= 4 is 0 Å². The van der Waals surface area contributed by atoms with Crippen LogP contribution < -0.4 is 0 Å². The van der Waals surface area contributed by atoms with Gasteiger partial charge < -0.3 is 4.52 Å². The molecule has 0 radical (unpaired) electrons. The van der Waals surface area contributed by atoms with Crippen molar-refractivity contribution in [3.05, 3.63) is 41.5 Å². The van der Waals surface area contributed by atoms with Crippen LogP contribution in [0.2, 0.25) is 0 Å². The van der Waals surface area contributed by atoms with E-state index >= 15 is 0 Å². The van der Waals surface area contributed by atoms with E-state index in [9.17, 15) is 0 Å². The van der Waals surface area contributed by atoms with Crippen LogP contribution in [0.15, 0.2) is 28.8 Å². The average Bonchev–Trinajstić information content (AvgIpc) is 3.16. The predicted octanol–water partition coefficient (Wildman–Crippen LogP) is 2.94. The molecule has 0 amide bonds. The van der Waals surface area contributed by atoms with Gasteiger partial charge in [0.15, 0.2) is 5.82 Å². The zero-order valence-corrected chi connectivity index (χ0v) is 14.0. The monoisotopic (exact) mass is 312 g/mol. The predicted molar refractivity (Wildman–Crippen MR) is 84.8 cm³/mol. The van der Waals surface area contributed by atoms with Crippen molar-refractivity contribution in [3.63, 3.8) is 0 Å². The first-order valence-corrected chi connectivity index (χ1v) is 7.55. The van der Waals surface area contributed by atoms with Crippen molar-refractivity contribution in [1.29, 1.82) is 0 Å². The molecule has 120 valence electrons. The Bertz CT molecular complexity index is 797. The van der Waals surface area contributed by atoms with Crippen LogP contribution in [0.4, 0.5) is 0 Å². The molecule has 2 aromatic heterocycles. The molecular weight excluding hydrogens is 292 g/mol. The van der Waals surface area contributed by atoms with Crippen LogP contribution in [0.1, 0.15) is 51.0 Å². The minimum Gasteiger partial charge on any atom is -0.337 e. The number of hydrogen-bond acceptors (Lipinski definition) is 6. The lowest BCUT2D eigenvalue weighted by Crippen LogP contribution is -2.15. The summed E-state index contributed by atoms with van der Waals surface area (Å²) in [6.07, 6.45) is 0. The summed E-state index contributed by atoms with van der Waals surface area (Å²) in [5, 5.41) is 16.7. The number of benzene rings is 1. The van der Waals surface area contributed by atoms with Gasteiger partial charge in [-0.1, -0.05) is 55.8 Å². The molecule has 1 atom stereocenters. The van der Waals surface area contributed by atoms with E-state index in [4.69, 9.17) is 4.52 Å². The number of nitrogens with zero attached hydrogens (tertiary/aromatic N) is 6. The SMILES string of the molecule is Cc1ccc(-c2nnn([C@@H](C)c3nc(C(C)(C)C)no3)n2)cc1. The third-order valence-electron chi connectivity index (χ3n) is 3.55. The molecule has 0 aliphatic rings. The molecule has 3 aromatic rings. The maximum absolute atomic E-state index is 5.35. The lowest BCUT2D eigenvalue weighted by atomic mass is 9.96. The molecule has 7 heteroatoms. The minimum atomic E-state index is -0.273. The van der Waals surface area contributed by atoms with Crippen LogP contribution in [0.25, 0.3) is 11.4 Å². The van der Waals surface area contributed by atoms with E-state index < -0.39 is 0 Å². The van der Waals surface area contributed by atoms with Gasteiger partial charge in [0.05, 0.1) is 0 Å². The van der Waals surface area contributed by atoms with Crippen LogP contribution in [0.3, 0.4) is 0 Å². The first kappa shape index (κ1) is 15.3. The zero-order valence-electron chi connectivity index (χ0n) is 14.0. The highest BCUT2D eigenvalue weighted by Gasteiger charge is 2.25. The summed E-state index contributed by atoms with van der Waals surface area (Å²) in [5.41, 5.74) is 1.95. The van der Waals surface area contributed by atoms with Gasteiger partial charge in [0, 0.05) is 11.0 Å². The van der Waals surface area contributed by atoms with E-state index in [0.29, 0.717) is 17.5 Å². The molecule has 0 bridgehead atoms. The maximum atomic E-state index is 5.35. The van der Waals surface area contributed by atoms with Gasteiger partial charge >= 0.3 is 0 Å². The van der Waals surface area contributed by atoms with Crippen molar-refractivity contribution in [2.75, 3.05) is 0 Å². The first-order chi connectivity index (χ1) is 10.8. The molecule has 0 N–H and O–H groups in total. The summed E-state index contributed by atoms with van der Waals surface area (Å²) >= 11 is 0. The fourth-order valence-electron chi connectivity index (χ4n) is 2.02. The molecule has 0 unspecified atom stereocenters. The Labute approximate surface area is 134 Å². The van der Waals surface area contributed by atoms with E-state index in [2.05, 4.69) is 25.6 Å². The van der Waals surface area contributed by atoms with Crippen LogP contribution in [0, 0.1) is 6.92 Å². The largest absolute Gasteiger partial charge is 0.337 e. The topological polar surface area (TPSA) is 82.5 Å². The van der Waals surface area contributed by atoms with Crippen LogP contribution in [0.5, 0.6) is 0 Å². The zero-order chi connectivity index (χ0) is 16.6. The Balaban J connectivity index is 1.85. The van der Waals surface area contributed by atoms with Gasteiger partial charge in [0.25, 0.3) is 5.89 Å². The van der Waals surface area contributed by atoms with Crippen molar-refractivity contribution in [1.82, 2.24) is 30.3 Å². The summed E-state index contributed by atoms with van der Waals surface area (Å²) in [6, 6.07) is 7.72. The second kappa shape index (κ2) is 5.57. The number of rotatable bonds is 3. The maximum Gasteiger partial charge on any atom is 0.253 e. The van der Waals surface area contributed by atoms with E-state index in [-0.39, 0.29) is 11.5 Å². The van der Waals surface area contributed by atoms with Gasteiger partial charge in [-0.25, -0.2) is 0 Å². The number of hydrogen-bond donors (Lipinski definition) is 0. The van der Waals surface area contributed by atoms with Crippen molar-refractivity contribution < 1.29 is 4.52 Å². The fourth-order valence-corrected chi connectivity index (χ4v) is 2.02. The Morgan fingerprint density at radius 3 is 2.43 bits per heavy atom. The summed E-state index contributed by atoms with van der Waals surface area (Å²) in [7, 11) is 0. The molecule has 0 saturated carbocycles. The first-order valence-electron chi connectivity index (χ1n) is 7.55. The molecule has 0 saturated heterocycles. The quantitative estimate of drug-likeness (QED) is 0.739. The molecule has 0 aliphatic carbocycles. The molecule has 0 spiro atoms. The van der Waals surface area contributed by atoms with Crippen LogP contribution in [-0.2, 0) is 5.41 Å². The molecule has 1 aromatic carbocycles. The standard InChI is InChI=1S/C16H20N6O/c1-10-6-8-12(9-7-10)13-18-21-22(19-13)11(2)14-17-15(20-23-14)16(3,4)5/h6-9,11H,1-5H3/t11-/m0/s1. The van der Waals surface area contributed by atoms with E-state index in [1.54, 1.807) is 0 Å². The second-order valence-electron chi connectivity index (χ2n) is 6.68. The minimum absolute atomic E-state index is 0.162. The highest BCUT2D eigenvalue weighted by atomic mass is 16.5. The molecular formula is C16H20N6O. The smallest absolute Gasteiger partial charge is 0.253 e. The number of tetrazole rings is 1. The van der Waals surface area contributed by atoms with E-state index in [1.165, 1.54) is 10.4 Å². The molecule has 7 nitrogen and oxygen atoms in total. The summed E-state index contributed by atoms with van der Waals surface area (Å²) in [5.74, 6) is 1.72. The van der Waals surface area contributed by atoms with Gasteiger partial charge in [0.1, 0.15) is 6.04 Å². The molecule has 0 aliphatic heterocycles. The van der Waals surface area contributed by atoms with Gasteiger partial charge in [-0.05, 0) is 19.1 Å². The van der Waals surface area contributed by atoms with E-state index in [0.717, 1.165) is 5.56 Å². The third-order valence-corrected chi connectivity index (χ3v) is 3.55. The summed E-state index contributed by atoms with van der Waals surface area (Å²) in [4.78, 5) is 5.94. The van der Waals surface area contributed by atoms with Crippen LogP contribution in [-0.4, -0.2) is 30.3 Å². The highest BCUT2D eigenvalue weighted by Crippen LogP contribution is 2.22. The lowest BCUT2D eigenvalue weighted by molar-refractivity contribution is 0.315. The lowest BCUT2D eigenvalue weighted by Gasteiger charge is -2.11. The van der Waals surface area contributed by atoms with E-state index in [1.807, 2.05) is 58.9 Å². The highest BCUT2D eigenvalue weighted by molar-refractivity contribution is 5.54. The summed E-state index contributed by atoms with van der Waals surface area (Å²) in [6.45, 7) is 10.1. The number of aryl methyl sites for hydroxylation is 1. The van der Waals surface area contributed by atoms with Crippen molar-refractivity contribution in [2.45, 2.75) is 46.1 Å². The second-order valence-corrected chi connectivity index (χ2v) is 6.68. The fraction of sp³-hybridized carbons (Fsp3) is 0.438.